The van der Waals surface area contributed by atoms with Crippen molar-refractivity contribution in [2.24, 2.45) is 5.92 Å². The molecule has 0 aromatic carbocycles. The van der Waals surface area contributed by atoms with Crippen LogP contribution in [0.5, 0.6) is 0 Å². The van der Waals surface area contributed by atoms with Gasteiger partial charge in [0.05, 0.1) is 0 Å². The molecule has 1 rings (SSSR count). The Labute approximate surface area is 237 Å². The molecule has 15 N–H and O–H groups in total. The van der Waals surface area contributed by atoms with Crippen LogP contribution < -0.4 is 30.8 Å². The molecule has 0 unspecified atom stereocenters. The smallest absolute Gasteiger partial charge is 0.741 e. The molecule has 21 heteroatoms. The molecule has 1 aliphatic rings. The summed E-state index contributed by atoms with van der Waals surface area (Å²) in [6.45, 7) is 6.50. The van der Waals surface area contributed by atoms with Gasteiger partial charge in [-0.25, -0.2) is 16.8 Å². The molecule has 0 amide bonds. The van der Waals surface area contributed by atoms with Crippen molar-refractivity contribution in [2.75, 3.05) is 0 Å². The fourth-order valence-corrected chi connectivity index (χ4v) is 1.75. The molecule has 0 radical (unpaired) electrons. The van der Waals surface area contributed by atoms with Crippen molar-refractivity contribution in [3.63, 3.8) is 0 Å². The van der Waals surface area contributed by atoms with Gasteiger partial charge in [-0.05, 0) is 45.1 Å². The Balaban J connectivity index is -0.0000000633. The van der Waals surface area contributed by atoms with Crippen molar-refractivity contribution in [3.8, 4) is 0 Å². The van der Waals surface area contributed by atoms with Gasteiger partial charge in [-0.3, -0.25) is 4.79 Å². The molecular formula is C18H37F6N5O7OsS2. The third-order valence-electron chi connectivity index (χ3n) is 3.44. The molecule has 0 aliphatic heterocycles. The van der Waals surface area contributed by atoms with Gasteiger partial charge in [0.2, 0.25) is 0 Å². The molecule has 39 heavy (non-hydrogen) atoms. The van der Waals surface area contributed by atoms with Crippen LogP contribution >= 0.6 is 0 Å². The van der Waals surface area contributed by atoms with Gasteiger partial charge >= 0.3 is 30.8 Å². The molecule has 0 aromatic rings. The maximum atomic E-state index is 11.5. The zero-order valence-electron chi connectivity index (χ0n) is 21.5. The molecule has 0 aromatic heterocycles. The number of hydrogen-bond donors (Lipinski definition) is 5. The van der Waals surface area contributed by atoms with E-state index in [4.69, 9.17) is 25.9 Å². The van der Waals surface area contributed by atoms with E-state index in [-0.39, 0.29) is 56.3 Å². The van der Waals surface area contributed by atoms with Crippen molar-refractivity contribution in [2.45, 2.75) is 51.1 Å². The standard InChI is InChI=1S/C16H22O.2CHF3O3S.5H3N.Os/c1-13(2)7-6-8-14(3)11-12-15-9-4-5-10-16(15)17;2*2-1(3,4)8(5,6)7;;;;;;/h4-5,7,9-10,12,14H,6,8,11H2,1-3H3;2*(H,5,6,7);5*1H3;/q;;;;;;;;+2/p-2/b15-12+;;;;;;;;/t14-;;;;;;;;/m1......../s1. The molecular weight excluding hydrogens is 767 g/mol. The first-order valence-electron chi connectivity index (χ1n) is 8.86. The van der Waals surface area contributed by atoms with Gasteiger partial charge in [0.1, 0.15) is 0 Å². The maximum Gasteiger partial charge on any atom is 2.00 e. The predicted octanol–water partition coefficient (Wildman–Crippen LogP) is 5.29. The molecule has 1 aliphatic carbocycles. The fourth-order valence-electron chi connectivity index (χ4n) is 1.75. The summed E-state index contributed by atoms with van der Waals surface area (Å²) in [5.74, 6) is 0.759. The minimum Gasteiger partial charge on any atom is -0.741 e. The summed E-state index contributed by atoms with van der Waals surface area (Å²) in [6.07, 6.45) is 14.9. The van der Waals surface area contributed by atoms with E-state index < -0.39 is 31.3 Å². The minimum atomic E-state index is -6.09. The van der Waals surface area contributed by atoms with Crippen LogP contribution in [-0.2, 0) is 44.8 Å². The molecule has 12 nitrogen and oxygen atoms in total. The first-order valence-corrected chi connectivity index (χ1v) is 11.7. The zero-order valence-corrected chi connectivity index (χ0v) is 25.7. The number of carbonyl (C=O) groups is 1. The van der Waals surface area contributed by atoms with E-state index in [0.29, 0.717) is 5.92 Å². The number of ketones is 1. The Morgan fingerprint density at radius 2 is 1.18 bits per heavy atom. The Morgan fingerprint density at radius 1 is 0.846 bits per heavy atom. The summed E-state index contributed by atoms with van der Waals surface area (Å²) in [5, 5.41) is 0. The van der Waals surface area contributed by atoms with Crippen LogP contribution in [-0.4, -0.2) is 42.7 Å². The van der Waals surface area contributed by atoms with E-state index in [1.807, 2.05) is 12.2 Å². The largest absolute Gasteiger partial charge is 2.00 e. The van der Waals surface area contributed by atoms with E-state index in [1.165, 1.54) is 12.0 Å². The van der Waals surface area contributed by atoms with Crippen LogP contribution in [0.3, 0.4) is 0 Å². The van der Waals surface area contributed by atoms with Crippen LogP contribution in [0.25, 0.3) is 0 Å². The summed E-state index contributed by atoms with van der Waals surface area (Å²) in [6, 6.07) is 0. The minimum absolute atomic E-state index is 0. The predicted molar refractivity (Wildman–Crippen MR) is 130 cm³/mol. The molecule has 0 spiro atoms. The average Bonchev–Trinajstić information content (AvgIpc) is 2.58. The first-order chi connectivity index (χ1) is 14.6. The van der Waals surface area contributed by atoms with Crippen molar-refractivity contribution >= 4 is 26.0 Å². The van der Waals surface area contributed by atoms with Crippen LogP contribution in [0.4, 0.5) is 26.3 Å². The van der Waals surface area contributed by atoms with Gasteiger partial charge in [-0.15, -0.1) is 0 Å². The van der Waals surface area contributed by atoms with Crippen LogP contribution in [0.1, 0.15) is 40.0 Å². The number of hydrogen-bond acceptors (Lipinski definition) is 12. The Morgan fingerprint density at radius 3 is 1.46 bits per heavy atom. The zero-order chi connectivity index (χ0) is 26.7. The average molecular weight is 804 g/mol. The number of allylic oxidation sites excluding steroid dienone is 8. The normalized spacial score (nSPS) is 13.8. The van der Waals surface area contributed by atoms with Gasteiger partial charge in [0.15, 0.2) is 26.0 Å². The molecule has 1 atom stereocenters. The van der Waals surface area contributed by atoms with E-state index in [2.05, 4.69) is 32.9 Å². The number of alkyl halides is 6. The van der Waals surface area contributed by atoms with Crippen LogP contribution in [0.2, 0.25) is 0 Å². The Bertz CT molecular complexity index is 953. The van der Waals surface area contributed by atoms with Crippen LogP contribution in [0, 0.1) is 5.92 Å². The fraction of sp³-hybridized carbons (Fsp3) is 0.500. The maximum absolute atomic E-state index is 11.5. The van der Waals surface area contributed by atoms with Gasteiger partial charge < -0.3 is 39.9 Å². The molecule has 0 saturated carbocycles. The second kappa shape index (κ2) is 24.3. The van der Waals surface area contributed by atoms with Crippen molar-refractivity contribution in [1.82, 2.24) is 30.8 Å². The third-order valence-corrected chi connectivity index (χ3v) is 4.57. The van der Waals surface area contributed by atoms with Gasteiger partial charge in [0.25, 0.3) is 0 Å². The Hall–Kier alpha value is -1.53. The summed E-state index contributed by atoms with van der Waals surface area (Å²) in [7, 11) is -12.2. The molecule has 238 valence electrons. The monoisotopic (exact) mass is 805 g/mol. The molecule has 0 saturated heterocycles. The van der Waals surface area contributed by atoms with E-state index in [9.17, 15) is 31.1 Å². The van der Waals surface area contributed by atoms with Gasteiger partial charge in [-0.2, -0.15) is 26.3 Å². The Kier molecular flexibility index (Phi) is 35.7. The first kappa shape index (κ1) is 57.4. The molecule has 0 bridgehead atoms. The van der Waals surface area contributed by atoms with Gasteiger partial charge in [0, 0.05) is 5.57 Å². The van der Waals surface area contributed by atoms with E-state index in [0.717, 1.165) is 18.4 Å². The van der Waals surface area contributed by atoms with Crippen LogP contribution in [0.15, 0.2) is 47.6 Å². The topological polar surface area (TPSA) is 306 Å². The number of carbonyl (C=O) groups excluding carboxylic acids is 1. The number of halogens is 6. The van der Waals surface area contributed by atoms with E-state index >= 15 is 0 Å². The van der Waals surface area contributed by atoms with Crippen molar-refractivity contribution < 1.29 is 76.9 Å². The molecule has 0 heterocycles. The molecule has 0 fully saturated rings. The summed E-state index contributed by atoms with van der Waals surface area (Å²) in [4.78, 5) is 11.5. The summed E-state index contributed by atoms with van der Waals surface area (Å²) in [5.41, 5.74) is -9.08. The third kappa shape index (κ3) is 29.3. The number of rotatable bonds is 5. The quantitative estimate of drug-likeness (QED) is 0.0778. The summed E-state index contributed by atoms with van der Waals surface area (Å²) < 4.78 is 118. The summed E-state index contributed by atoms with van der Waals surface area (Å²) >= 11 is 0. The second-order valence-electron chi connectivity index (χ2n) is 6.74. The van der Waals surface area contributed by atoms with Gasteiger partial charge in [-0.1, -0.05) is 42.9 Å². The van der Waals surface area contributed by atoms with E-state index in [1.54, 1.807) is 12.2 Å². The second-order valence-corrected chi connectivity index (χ2v) is 9.48. The van der Waals surface area contributed by atoms with Crippen molar-refractivity contribution in [1.29, 1.82) is 0 Å². The van der Waals surface area contributed by atoms with Crippen molar-refractivity contribution in [3.05, 3.63) is 47.6 Å². The SMILES string of the molecule is CC(C)=CCC[C@@H](C)C/C=C1\C=CC=CC1=O.N.N.N.N.N.O=S(=O)([O-])C(F)(F)F.O=S(=O)([O-])C(F)(F)F.[Os+2].